The number of nitrogens with two attached hydrogens (primary N) is 1. The van der Waals surface area contributed by atoms with E-state index in [1.54, 1.807) is 0 Å². The molecule has 4 heteroatoms. The smallest absolute Gasteiger partial charge is 0.132 e. The second-order valence-electron chi connectivity index (χ2n) is 4.48. The minimum Gasteiger partial charge on any atom is -0.353 e. The molecule has 1 heterocycles. The molecule has 0 saturated heterocycles. The Morgan fingerprint density at radius 3 is 2.69 bits per heavy atom. The van der Waals surface area contributed by atoms with Crippen LogP contribution in [-0.4, -0.2) is 29.1 Å². The molecule has 88 valence electrons. The van der Waals surface area contributed by atoms with Crippen LogP contribution in [0.5, 0.6) is 0 Å². The molecule has 0 aliphatic heterocycles. The summed E-state index contributed by atoms with van der Waals surface area (Å²) >= 11 is 0. The first-order valence-electron chi connectivity index (χ1n) is 5.99. The van der Waals surface area contributed by atoms with Crippen molar-refractivity contribution in [2.45, 2.75) is 39.2 Å². The molecule has 1 aromatic rings. The van der Waals surface area contributed by atoms with Gasteiger partial charge in [0.15, 0.2) is 0 Å². The fourth-order valence-corrected chi connectivity index (χ4v) is 1.98. The van der Waals surface area contributed by atoms with Crippen molar-refractivity contribution in [2.75, 3.05) is 18.0 Å². The molecule has 1 aromatic heterocycles. The Bertz CT molecular complexity index is 340. The van der Waals surface area contributed by atoms with Gasteiger partial charge in [-0.15, -0.1) is 0 Å². The van der Waals surface area contributed by atoms with E-state index < -0.39 is 0 Å². The van der Waals surface area contributed by atoms with E-state index in [9.17, 15) is 0 Å². The molecule has 0 spiro atoms. The maximum absolute atomic E-state index is 5.58. The van der Waals surface area contributed by atoms with Crippen LogP contribution in [0.2, 0.25) is 0 Å². The lowest BCUT2D eigenvalue weighted by Crippen LogP contribution is -2.29. The molecular weight excluding hydrogens is 200 g/mol. The number of aromatic nitrogens is 2. The van der Waals surface area contributed by atoms with Gasteiger partial charge in [-0.3, -0.25) is 0 Å². The van der Waals surface area contributed by atoms with E-state index in [1.165, 1.54) is 12.8 Å². The summed E-state index contributed by atoms with van der Waals surface area (Å²) in [6.07, 6.45) is 3.60. The van der Waals surface area contributed by atoms with Gasteiger partial charge in [0, 0.05) is 24.3 Å². The van der Waals surface area contributed by atoms with Crippen LogP contribution < -0.4 is 10.6 Å². The standard InChI is InChI=1S/C12H20N4/c1-9-8-12(15-10(2)14-9)16(7-3-6-13)11-4-5-11/h8,11H,3-7,13H2,1-2H3. The van der Waals surface area contributed by atoms with E-state index in [4.69, 9.17) is 5.73 Å². The summed E-state index contributed by atoms with van der Waals surface area (Å²) in [5.41, 5.74) is 6.62. The third kappa shape index (κ3) is 2.70. The van der Waals surface area contributed by atoms with E-state index in [2.05, 4.69) is 20.9 Å². The summed E-state index contributed by atoms with van der Waals surface area (Å²) < 4.78 is 0. The monoisotopic (exact) mass is 220 g/mol. The molecule has 1 aliphatic carbocycles. The van der Waals surface area contributed by atoms with E-state index in [-0.39, 0.29) is 0 Å². The van der Waals surface area contributed by atoms with Gasteiger partial charge in [-0.1, -0.05) is 0 Å². The van der Waals surface area contributed by atoms with E-state index in [1.807, 2.05) is 13.8 Å². The van der Waals surface area contributed by atoms with Gasteiger partial charge < -0.3 is 10.6 Å². The predicted octanol–water partition coefficient (Wildman–Crippen LogP) is 1.41. The molecule has 0 bridgehead atoms. The van der Waals surface area contributed by atoms with Crippen molar-refractivity contribution in [3.8, 4) is 0 Å². The molecule has 2 rings (SSSR count). The molecule has 1 aliphatic rings. The zero-order valence-corrected chi connectivity index (χ0v) is 10.1. The number of rotatable bonds is 5. The highest BCUT2D eigenvalue weighted by molar-refractivity contribution is 5.42. The highest BCUT2D eigenvalue weighted by Gasteiger charge is 2.29. The van der Waals surface area contributed by atoms with Crippen LogP contribution in [0.15, 0.2) is 6.07 Å². The Labute approximate surface area is 96.9 Å². The minimum absolute atomic E-state index is 0.681. The van der Waals surface area contributed by atoms with E-state index in [0.29, 0.717) is 6.04 Å². The average molecular weight is 220 g/mol. The quantitative estimate of drug-likeness (QED) is 0.815. The highest BCUT2D eigenvalue weighted by atomic mass is 15.2. The largest absolute Gasteiger partial charge is 0.353 e. The molecule has 0 unspecified atom stereocenters. The lowest BCUT2D eigenvalue weighted by Gasteiger charge is -2.23. The lowest BCUT2D eigenvalue weighted by molar-refractivity contribution is 0.718. The fraction of sp³-hybridized carbons (Fsp3) is 0.667. The van der Waals surface area contributed by atoms with Crippen LogP contribution in [0.1, 0.15) is 30.8 Å². The van der Waals surface area contributed by atoms with Crippen LogP contribution in [0.4, 0.5) is 5.82 Å². The Balaban J connectivity index is 2.16. The Hall–Kier alpha value is -1.16. The molecule has 4 nitrogen and oxygen atoms in total. The zero-order valence-electron chi connectivity index (χ0n) is 10.1. The van der Waals surface area contributed by atoms with Crippen LogP contribution in [0.3, 0.4) is 0 Å². The number of anilines is 1. The molecular formula is C12H20N4. The van der Waals surface area contributed by atoms with Crippen molar-refractivity contribution in [3.63, 3.8) is 0 Å². The number of aryl methyl sites for hydroxylation is 2. The summed E-state index contributed by atoms with van der Waals surface area (Å²) in [7, 11) is 0. The van der Waals surface area contributed by atoms with Gasteiger partial charge in [-0.2, -0.15) is 0 Å². The summed E-state index contributed by atoms with van der Waals surface area (Å²) in [4.78, 5) is 11.2. The SMILES string of the molecule is Cc1cc(N(CCCN)C2CC2)nc(C)n1. The van der Waals surface area contributed by atoms with Crippen molar-refractivity contribution >= 4 is 5.82 Å². The van der Waals surface area contributed by atoms with Gasteiger partial charge >= 0.3 is 0 Å². The first-order valence-corrected chi connectivity index (χ1v) is 5.99. The average Bonchev–Trinajstić information content (AvgIpc) is 3.01. The van der Waals surface area contributed by atoms with Gasteiger partial charge in [-0.05, 0) is 39.7 Å². The molecule has 0 radical (unpaired) electrons. The second-order valence-corrected chi connectivity index (χ2v) is 4.48. The second kappa shape index (κ2) is 4.78. The first-order chi connectivity index (χ1) is 7.70. The summed E-state index contributed by atoms with van der Waals surface area (Å²) in [6.45, 7) is 5.72. The third-order valence-electron chi connectivity index (χ3n) is 2.84. The van der Waals surface area contributed by atoms with Crippen LogP contribution in [0.25, 0.3) is 0 Å². The number of hydrogen-bond acceptors (Lipinski definition) is 4. The first kappa shape index (κ1) is 11.3. The van der Waals surface area contributed by atoms with Crippen molar-refractivity contribution in [1.82, 2.24) is 9.97 Å². The molecule has 16 heavy (non-hydrogen) atoms. The van der Waals surface area contributed by atoms with Crippen LogP contribution in [0, 0.1) is 13.8 Å². The maximum Gasteiger partial charge on any atom is 0.132 e. The Morgan fingerprint density at radius 2 is 2.12 bits per heavy atom. The topological polar surface area (TPSA) is 55.0 Å². The number of hydrogen-bond donors (Lipinski definition) is 1. The van der Waals surface area contributed by atoms with Crippen molar-refractivity contribution in [1.29, 1.82) is 0 Å². The normalized spacial score (nSPS) is 15.2. The highest BCUT2D eigenvalue weighted by Crippen LogP contribution is 2.30. The van der Waals surface area contributed by atoms with E-state index in [0.717, 1.165) is 36.8 Å². The summed E-state index contributed by atoms with van der Waals surface area (Å²) in [5, 5.41) is 0. The summed E-state index contributed by atoms with van der Waals surface area (Å²) in [6, 6.07) is 2.75. The maximum atomic E-state index is 5.58. The Kier molecular flexibility index (Phi) is 3.39. The van der Waals surface area contributed by atoms with Gasteiger partial charge in [0.25, 0.3) is 0 Å². The van der Waals surface area contributed by atoms with Gasteiger partial charge in [0.2, 0.25) is 0 Å². The molecule has 2 N–H and O–H groups in total. The van der Waals surface area contributed by atoms with Crippen LogP contribution in [-0.2, 0) is 0 Å². The van der Waals surface area contributed by atoms with Crippen molar-refractivity contribution < 1.29 is 0 Å². The van der Waals surface area contributed by atoms with E-state index >= 15 is 0 Å². The predicted molar refractivity (Wildman–Crippen MR) is 65.5 cm³/mol. The molecule has 0 aromatic carbocycles. The van der Waals surface area contributed by atoms with Crippen LogP contribution >= 0.6 is 0 Å². The number of nitrogens with zero attached hydrogens (tertiary/aromatic N) is 3. The van der Waals surface area contributed by atoms with Gasteiger partial charge in [-0.25, -0.2) is 9.97 Å². The fourth-order valence-electron chi connectivity index (χ4n) is 1.98. The minimum atomic E-state index is 0.681. The van der Waals surface area contributed by atoms with Crippen molar-refractivity contribution in [3.05, 3.63) is 17.6 Å². The van der Waals surface area contributed by atoms with Gasteiger partial charge in [0.05, 0.1) is 0 Å². The molecule has 0 amide bonds. The molecule has 1 fully saturated rings. The lowest BCUT2D eigenvalue weighted by atomic mass is 10.3. The Morgan fingerprint density at radius 1 is 1.38 bits per heavy atom. The van der Waals surface area contributed by atoms with Crippen molar-refractivity contribution in [2.24, 2.45) is 5.73 Å². The third-order valence-corrected chi connectivity index (χ3v) is 2.84. The molecule has 0 atom stereocenters. The summed E-state index contributed by atoms with van der Waals surface area (Å²) in [5.74, 6) is 1.93. The zero-order chi connectivity index (χ0) is 11.5. The van der Waals surface area contributed by atoms with Gasteiger partial charge in [0.1, 0.15) is 11.6 Å². The molecule has 1 saturated carbocycles.